The Hall–Kier alpha value is -3.12. The van der Waals surface area contributed by atoms with Crippen LogP contribution >= 0.6 is 0 Å². The predicted octanol–water partition coefficient (Wildman–Crippen LogP) is 3.46. The summed E-state index contributed by atoms with van der Waals surface area (Å²) >= 11 is 0. The third-order valence-corrected chi connectivity index (χ3v) is 4.92. The average Bonchev–Trinajstić information content (AvgIpc) is 2.96. The Kier molecular flexibility index (Phi) is 6.57. The number of Topliss-reactive ketones (excluding diaryl/α,β-unsaturated/α-hetero) is 1. The van der Waals surface area contributed by atoms with Gasteiger partial charge in [-0.05, 0) is 45.6 Å². The normalized spacial score (nSPS) is 18.5. The Balaban J connectivity index is 2.10. The summed E-state index contributed by atoms with van der Waals surface area (Å²) in [7, 11) is 3.82. The maximum Gasteiger partial charge on any atom is 0.295 e. The standard InChI is InChI=1S/C24H28N2O4/c1-16(2)30-19-12-8-11-18(15-19)22(27)20-21(17-9-6-5-7-10-17)26(14-13-25(3)4)24(29)23(20)28/h5-12,15-16,21,27H,13-14H2,1-4H3/b22-20-. The van der Waals surface area contributed by atoms with Gasteiger partial charge in [0.25, 0.3) is 11.7 Å². The van der Waals surface area contributed by atoms with E-state index in [4.69, 9.17) is 4.74 Å². The number of rotatable bonds is 7. The molecule has 1 amide bonds. The second-order valence-corrected chi connectivity index (χ2v) is 7.90. The molecule has 3 rings (SSSR count). The number of likely N-dealkylation sites (N-methyl/N-ethyl adjacent to an activating group) is 1. The van der Waals surface area contributed by atoms with Gasteiger partial charge in [-0.25, -0.2) is 0 Å². The summed E-state index contributed by atoms with van der Waals surface area (Å²) in [6.45, 7) is 4.81. The van der Waals surface area contributed by atoms with E-state index in [-0.39, 0.29) is 17.4 Å². The predicted molar refractivity (Wildman–Crippen MR) is 116 cm³/mol. The van der Waals surface area contributed by atoms with Crippen LogP contribution in [0.4, 0.5) is 0 Å². The largest absolute Gasteiger partial charge is 0.507 e. The molecule has 158 valence electrons. The maximum absolute atomic E-state index is 13.0. The molecule has 0 saturated carbocycles. The summed E-state index contributed by atoms with van der Waals surface area (Å²) in [6, 6.07) is 15.6. The molecule has 1 fully saturated rings. The van der Waals surface area contributed by atoms with Crippen LogP contribution in [0.2, 0.25) is 0 Å². The fraction of sp³-hybridized carbons (Fsp3) is 0.333. The van der Waals surface area contributed by atoms with E-state index in [0.29, 0.717) is 24.4 Å². The number of ketones is 1. The molecule has 2 aromatic rings. The number of benzene rings is 2. The minimum absolute atomic E-state index is 0.0247. The number of hydrogen-bond acceptors (Lipinski definition) is 5. The van der Waals surface area contributed by atoms with Crippen LogP contribution in [0.25, 0.3) is 5.76 Å². The first kappa shape index (κ1) is 21.6. The van der Waals surface area contributed by atoms with Gasteiger partial charge in [0.1, 0.15) is 11.5 Å². The molecule has 1 saturated heterocycles. The lowest BCUT2D eigenvalue weighted by atomic mass is 9.95. The van der Waals surface area contributed by atoms with E-state index in [1.165, 1.54) is 4.90 Å². The van der Waals surface area contributed by atoms with Gasteiger partial charge in [0.15, 0.2) is 0 Å². The molecule has 0 radical (unpaired) electrons. The number of amides is 1. The second-order valence-electron chi connectivity index (χ2n) is 7.90. The highest BCUT2D eigenvalue weighted by Gasteiger charge is 2.45. The van der Waals surface area contributed by atoms with E-state index in [9.17, 15) is 14.7 Å². The molecule has 1 N–H and O–H groups in total. The molecule has 6 heteroatoms. The molecule has 1 heterocycles. The summed E-state index contributed by atoms with van der Waals surface area (Å²) in [5, 5.41) is 11.1. The van der Waals surface area contributed by atoms with Gasteiger partial charge in [-0.3, -0.25) is 9.59 Å². The summed E-state index contributed by atoms with van der Waals surface area (Å²) in [4.78, 5) is 29.3. The van der Waals surface area contributed by atoms with Gasteiger partial charge in [-0.1, -0.05) is 42.5 Å². The molecule has 1 atom stereocenters. The van der Waals surface area contributed by atoms with Crippen LogP contribution in [0.5, 0.6) is 5.75 Å². The van der Waals surface area contributed by atoms with Crippen molar-refractivity contribution in [1.29, 1.82) is 0 Å². The quantitative estimate of drug-likeness (QED) is 0.432. The number of carbonyl (C=O) groups is 2. The minimum atomic E-state index is -0.671. The van der Waals surface area contributed by atoms with Crippen molar-refractivity contribution in [1.82, 2.24) is 9.80 Å². The topological polar surface area (TPSA) is 70.1 Å². The molecule has 30 heavy (non-hydrogen) atoms. The lowest BCUT2D eigenvalue weighted by molar-refractivity contribution is -0.140. The molecule has 1 aliphatic rings. The number of carbonyl (C=O) groups excluding carboxylic acids is 2. The summed E-state index contributed by atoms with van der Waals surface area (Å²) in [5.41, 5.74) is 1.33. The van der Waals surface area contributed by atoms with Crippen LogP contribution in [-0.2, 0) is 9.59 Å². The first-order valence-electron chi connectivity index (χ1n) is 10.0. The van der Waals surface area contributed by atoms with Crippen molar-refractivity contribution in [2.75, 3.05) is 27.2 Å². The number of aliphatic hydroxyl groups is 1. The number of hydrogen-bond donors (Lipinski definition) is 1. The summed E-state index contributed by atoms with van der Waals surface area (Å²) < 4.78 is 5.71. The molecule has 1 aliphatic heterocycles. The molecular formula is C24H28N2O4. The minimum Gasteiger partial charge on any atom is -0.507 e. The Morgan fingerprint density at radius 1 is 1.10 bits per heavy atom. The highest BCUT2D eigenvalue weighted by atomic mass is 16.5. The first-order chi connectivity index (χ1) is 14.3. The van der Waals surface area contributed by atoms with E-state index >= 15 is 0 Å². The van der Waals surface area contributed by atoms with E-state index in [2.05, 4.69) is 0 Å². The van der Waals surface area contributed by atoms with Crippen LogP contribution in [0.15, 0.2) is 60.2 Å². The van der Waals surface area contributed by atoms with Crippen molar-refractivity contribution in [3.63, 3.8) is 0 Å². The number of aliphatic hydroxyl groups excluding tert-OH is 1. The molecule has 6 nitrogen and oxygen atoms in total. The fourth-order valence-electron chi connectivity index (χ4n) is 3.54. The van der Waals surface area contributed by atoms with Crippen molar-refractivity contribution in [3.05, 3.63) is 71.3 Å². The highest BCUT2D eigenvalue weighted by molar-refractivity contribution is 6.46. The van der Waals surface area contributed by atoms with Gasteiger partial charge in [0, 0.05) is 18.7 Å². The summed E-state index contributed by atoms with van der Waals surface area (Å²) in [6.07, 6.45) is -0.0247. The molecule has 0 bridgehead atoms. The van der Waals surface area contributed by atoms with Crippen LogP contribution in [-0.4, -0.2) is 59.9 Å². The lowest BCUT2D eigenvalue weighted by Crippen LogP contribution is -2.35. The van der Waals surface area contributed by atoms with Crippen molar-refractivity contribution < 1.29 is 19.4 Å². The van der Waals surface area contributed by atoms with Crippen molar-refractivity contribution >= 4 is 17.4 Å². The number of ether oxygens (including phenoxy) is 1. The third-order valence-electron chi connectivity index (χ3n) is 4.92. The third kappa shape index (κ3) is 4.54. The van der Waals surface area contributed by atoms with Gasteiger partial charge in [0.05, 0.1) is 17.7 Å². The SMILES string of the molecule is CC(C)Oc1cccc(/C(O)=C2/C(=O)C(=O)N(CCN(C)C)C2c2ccccc2)c1. The van der Waals surface area contributed by atoms with Crippen LogP contribution in [0.3, 0.4) is 0 Å². The Morgan fingerprint density at radius 2 is 1.80 bits per heavy atom. The van der Waals surface area contributed by atoms with Crippen molar-refractivity contribution in [3.8, 4) is 5.75 Å². The fourth-order valence-corrected chi connectivity index (χ4v) is 3.54. The zero-order chi connectivity index (χ0) is 21.8. The Labute approximate surface area is 177 Å². The summed E-state index contributed by atoms with van der Waals surface area (Å²) in [5.74, 6) is -0.868. The Morgan fingerprint density at radius 3 is 2.43 bits per heavy atom. The van der Waals surface area contributed by atoms with Crippen LogP contribution in [0.1, 0.15) is 31.0 Å². The number of nitrogens with zero attached hydrogens (tertiary/aromatic N) is 2. The molecule has 2 aromatic carbocycles. The van der Waals surface area contributed by atoms with E-state index < -0.39 is 17.7 Å². The van der Waals surface area contributed by atoms with Crippen molar-refractivity contribution in [2.24, 2.45) is 0 Å². The van der Waals surface area contributed by atoms with Gasteiger partial charge in [0.2, 0.25) is 0 Å². The van der Waals surface area contributed by atoms with Gasteiger partial charge in [-0.2, -0.15) is 0 Å². The smallest absolute Gasteiger partial charge is 0.295 e. The molecular weight excluding hydrogens is 380 g/mol. The highest BCUT2D eigenvalue weighted by Crippen LogP contribution is 2.39. The van der Waals surface area contributed by atoms with E-state index in [1.807, 2.05) is 63.2 Å². The maximum atomic E-state index is 13.0. The van der Waals surface area contributed by atoms with E-state index in [1.54, 1.807) is 24.3 Å². The van der Waals surface area contributed by atoms with Crippen LogP contribution in [0, 0.1) is 0 Å². The molecule has 0 spiro atoms. The first-order valence-corrected chi connectivity index (χ1v) is 10.0. The zero-order valence-electron chi connectivity index (χ0n) is 17.8. The lowest BCUT2D eigenvalue weighted by Gasteiger charge is -2.26. The second kappa shape index (κ2) is 9.13. The monoisotopic (exact) mass is 408 g/mol. The van der Waals surface area contributed by atoms with Gasteiger partial charge < -0.3 is 19.6 Å². The number of likely N-dealkylation sites (tertiary alicyclic amines) is 1. The van der Waals surface area contributed by atoms with Crippen molar-refractivity contribution in [2.45, 2.75) is 26.0 Å². The Bertz CT molecular complexity index is 951. The van der Waals surface area contributed by atoms with Gasteiger partial charge >= 0.3 is 0 Å². The molecule has 1 unspecified atom stereocenters. The van der Waals surface area contributed by atoms with E-state index in [0.717, 1.165) is 5.56 Å². The zero-order valence-corrected chi connectivity index (χ0v) is 17.8. The van der Waals surface area contributed by atoms with Crippen LogP contribution < -0.4 is 4.74 Å². The average molecular weight is 408 g/mol. The molecule has 0 aliphatic carbocycles. The van der Waals surface area contributed by atoms with Gasteiger partial charge in [-0.15, -0.1) is 0 Å². The molecule has 0 aromatic heterocycles.